The van der Waals surface area contributed by atoms with Crippen LogP contribution in [0.25, 0.3) is 0 Å². The van der Waals surface area contributed by atoms with Crippen LogP contribution in [0.5, 0.6) is 11.5 Å². The second-order valence-corrected chi connectivity index (χ2v) is 7.09. The number of anilines is 2. The van der Waals surface area contributed by atoms with E-state index < -0.39 is 6.04 Å². The fourth-order valence-electron chi connectivity index (χ4n) is 3.40. The number of ether oxygens (including phenoxy) is 2. The molecule has 0 saturated heterocycles. The molecule has 1 unspecified atom stereocenters. The summed E-state index contributed by atoms with van der Waals surface area (Å²) >= 11 is 6.20. The summed E-state index contributed by atoms with van der Waals surface area (Å²) in [5.41, 5.74) is 3.10. The first kappa shape index (κ1) is 20.0. The van der Waals surface area contributed by atoms with E-state index in [1.807, 2.05) is 12.1 Å². The number of ketones is 1. The van der Waals surface area contributed by atoms with Crippen LogP contribution in [0.2, 0.25) is 5.02 Å². The number of benzene rings is 2. The fraction of sp³-hybridized carbons (Fsp3) is 0.333. The molecule has 0 bridgehead atoms. The third-order valence-corrected chi connectivity index (χ3v) is 5.17. The third-order valence-electron chi connectivity index (χ3n) is 4.88. The maximum atomic E-state index is 12.9. The number of Topliss-reactive ketones (excluding diaryl/α,β-unsaturated/α-hetero) is 1. The van der Waals surface area contributed by atoms with Crippen molar-refractivity contribution in [2.75, 3.05) is 31.0 Å². The number of carbonyl (C=O) groups is 2. The highest BCUT2D eigenvalue weighted by Gasteiger charge is 2.25. The van der Waals surface area contributed by atoms with Gasteiger partial charge in [-0.2, -0.15) is 0 Å². The zero-order chi connectivity index (χ0) is 20.4. The quantitative estimate of drug-likeness (QED) is 0.741. The van der Waals surface area contributed by atoms with Gasteiger partial charge in [0.05, 0.1) is 31.0 Å². The molecule has 2 aromatic rings. The minimum Gasteiger partial charge on any atom is -0.495 e. The van der Waals surface area contributed by atoms with Crippen molar-refractivity contribution in [3.8, 4) is 11.5 Å². The smallest absolute Gasteiger partial charge is 0.223 e. The summed E-state index contributed by atoms with van der Waals surface area (Å²) in [6, 6.07) is 8.33. The van der Waals surface area contributed by atoms with E-state index >= 15 is 0 Å². The Morgan fingerprint density at radius 3 is 2.50 bits per heavy atom. The van der Waals surface area contributed by atoms with Gasteiger partial charge in [-0.25, -0.2) is 0 Å². The molecule has 1 heterocycles. The number of amides is 1. The maximum Gasteiger partial charge on any atom is 0.223 e. The molecule has 0 fully saturated rings. The predicted molar refractivity (Wildman–Crippen MR) is 110 cm³/mol. The molecule has 0 aromatic heterocycles. The van der Waals surface area contributed by atoms with Gasteiger partial charge in [-0.15, -0.1) is 0 Å². The molecular weight excluding hydrogens is 380 g/mol. The van der Waals surface area contributed by atoms with Crippen LogP contribution in [-0.4, -0.2) is 38.5 Å². The summed E-state index contributed by atoms with van der Waals surface area (Å²) in [6.45, 7) is 3.99. The van der Waals surface area contributed by atoms with Crippen molar-refractivity contribution in [3.63, 3.8) is 0 Å². The summed E-state index contributed by atoms with van der Waals surface area (Å²) in [5, 5.41) is 3.59. The van der Waals surface area contributed by atoms with Crippen molar-refractivity contribution in [1.29, 1.82) is 0 Å². The minimum absolute atomic E-state index is 0.0105. The van der Waals surface area contributed by atoms with Crippen molar-refractivity contribution in [3.05, 3.63) is 46.5 Å². The summed E-state index contributed by atoms with van der Waals surface area (Å²) in [6.07, 6.45) is 0.750. The van der Waals surface area contributed by atoms with Crippen LogP contribution < -0.4 is 19.7 Å². The van der Waals surface area contributed by atoms with Crippen LogP contribution in [-0.2, 0) is 11.2 Å². The molecule has 1 aliphatic rings. The SMILES string of the molecule is COc1cc(OC)c(NC(C)C(=O)c2ccc3c(c2)CCN3C(C)=O)cc1Cl. The molecule has 0 spiro atoms. The molecule has 1 amide bonds. The van der Waals surface area contributed by atoms with E-state index in [0.29, 0.717) is 34.3 Å². The Morgan fingerprint density at radius 1 is 1.14 bits per heavy atom. The molecule has 1 aliphatic heterocycles. The lowest BCUT2D eigenvalue weighted by Crippen LogP contribution is -2.27. The van der Waals surface area contributed by atoms with Gasteiger partial charge in [0.2, 0.25) is 5.91 Å². The monoisotopic (exact) mass is 402 g/mol. The maximum absolute atomic E-state index is 12.9. The number of halogens is 1. The van der Waals surface area contributed by atoms with Gasteiger partial charge >= 0.3 is 0 Å². The van der Waals surface area contributed by atoms with Crippen LogP contribution >= 0.6 is 11.6 Å². The molecule has 0 saturated carbocycles. The summed E-state index contributed by atoms with van der Waals surface area (Å²) in [7, 11) is 3.07. The first-order valence-electron chi connectivity index (χ1n) is 8.99. The van der Waals surface area contributed by atoms with Gasteiger partial charge in [0.25, 0.3) is 0 Å². The number of hydrogen-bond acceptors (Lipinski definition) is 5. The van der Waals surface area contributed by atoms with Gasteiger partial charge in [-0.05, 0) is 43.2 Å². The first-order valence-corrected chi connectivity index (χ1v) is 9.36. The van der Waals surface area contributed by atoms with E-state index in [1.54, 1.807) is 44.1 Å². The minimum atomic E-state index is -0.498. The van der Waals surface area contributed by atoms with E-state index in [4.69, 9.17) is 21.1 Å². The van der Waals surface area contributed by atoms with Crippen molar-refractivity contribution in [2.24, 2.45) is 0 Å². The summed E-state index contributed by atoms with van der Waals surface area (Å²) in [5.74, 6) is 0.984. The Bertz CT molecular complexity index is 929. The van der Waals surface area contributed by atoms with Crippen LogP contribution in [0.1, 0.15) is 29.8 Å². The number of carbonyl (C=O) groups excluding carboxylic acids is 2. The molecule has 0 radical (unpaired) electrons. The molecule has 148 valence electrons. The van der Waals surface area contributed by atoms with E-state index in [2.05, 4.69) is 5.32 Å². The third kappa shape index (κ3) is 3.78. The largest absolute Gasteiger partial charge is 0.495 e. The average molecular weight is 403 g/mol. The average Bonchev–Trinajstić information content (AvgIpc) is 3.11. The van der Waals surface area contributed by atoms with Crippen LogP contribution in [0, 0.1) is 0 Å². The summed E-state index contributed by atoms with van der Waals surface area (Å²) < 4.78 is 10.6. The van der Waals surface area contributed by atoms with Gasteiger partial charge in [-0.1, -0.05) is 11.6 Å². The number of methoxy groups -OCH3 is 2. The van der Waals surface area contributed by atoms with E-state index in [0.717, 1.165) is 17.7 Å². The molecule has 6 nitrogen and oxygen atoms in total. The predicted octanol–water partition coefficient (Wildman–Crippen LogP) is 3.95. The van der Waals surface area contributed by atoms with Gasteiger partial charge < -0.3 is 19.7 Å². The highest BCUT2D eigenvalue weighted by molar-refractivity contribution is 6.32. The van der Waals surface area contributed by atoms with Gasteiger partial charge in [0.15, 0.2) is 5.78 Å². The van der Waals surface area contributed by atoms with Crippen molar-refractivity contribution >= 4 is 34.7 Å². The number of nitrogens with one attached hydrogen (secondary N) is 1. The Balaban J connectivity index is 1.81. The van der Waals surface area contributed by atoms with E-state index in [9.17, 15) is 9.59 Å². The molecule has 28 heavy (non-hydrogen) atoms. The molecule has 2 aromatic carbocycles. The Hall–Kier alpha value is -2.73. The fourth-order valence-corrected chi connectivity index (χ4v) is 3.64. The summed E-state index contributed by atoms with van der Waals surface area (Å²) in [4.78, 5) is 26.4. The van der Waals surface area contributed by atoms with Crippen molar-refractivity contribution in [1.82, 2.24) is 0 Å². The highest BCUT2D eigenvalue weighted by atomic mass is 35.5. The molecule has 0 aliphatic carbocycles. The zero-order valence-corrected chi connectivity index (χ0v) is 17.1. The molecule has 1 N–H and O–H groups in total. The van der Waals surface area contributed by atoms with Crippen LogP contribution in [0.15, 0.2) is 30.3 Å². The Morgan fingerprint density at radius 2 is 1.86 bits per heavy atom. The highest BCUT2D eigenvalue weighted by Crippen LogP contribution is 2.36. The molecule has 3 rings (SSSR count). The normalized spacial score (nSPS) is 13.7. The van der Waals surface area contributed by atoms with Gasteiger partial charge in [0.1, 0.15) is 11.5 Å². The lowest BCUT2D eigenvalue weighted by molar-refractivity contribution is -0.116. The number of nitrogens with zero attached hydrogens (tertiary/aromatic N) is 1. The zero-order valence-electron chi connectivity index (χ0n) is 16.3. The first-order chi connectivity index (χ1) is 13.3. The Kier molecular flexibility index (Phi) is 5.79. The number of fused-ring (bicyclic) bond motifs is 1. The number of rotatable bonds is 6. The van der Waals surface area contributed by atoms with Crippen molar-refractivity contribution in [2.45, 2.75) is 26.3 Å². The second kappa shape index (κ2) is 8.10. The van der Waals surface area contributed by atoms with E-state index in [1.165, 1.54) is 7.11 Å². The molecular formula is C21H23ClN2O4. The Labute approximate surface area is 169 Å². The van der Waals surface area contributed by atoms with Gasteiger partial charge in [-0.3, -0.25) is 9.59 Å². The van der Waals surface area contributed by atoms with Crippen LogP contribution in [0.3, 0.4) is 0 Å². The van der Waals surface area contributed by atoms with Gasteiger partial charge in [0, 0.05) is 30.8 Å². The molecule has 7 heteroatoms. The standard InChI is InChI=1S/C21H23ClN2O4/c1-12(23-17-10-16(22)19(27-3)11-20(17)28-4)21(26)15-5-6-18-14(9-15)7-8-24(18)13(2)25/h5-6,9-12,23H,7-8H2,1-4H3. The lowest BCUT2D eigenvalue weighted by atomic mass is 10.0. The van der Waals surface area contributed by atoms with Crippen molar-refractivity contribution < 1.29 is 19.1 Å². The topological polar surface area (TPSA) is 67.9 Å². The number of hydrogen-bond donors (Lipinski definition) is 1. The second-order valence-electron chi connectivity index (χ2n) is 6.68. The lowest BCUT2D eigenvalue weighted by Gasteiger charge is -2.19. The van der Waals surface area contributed by atoms with Crippen LogP contribution in [0.4, 0.5) is 11.4 Å². The van der Waals surface area contributed by atoms with E-state index in [-0.39, 0.29) is 11.7 Å². The molecule has 1 atom stereocenters.